The first-order chi connectivity index (χ1) is 68.5. The van der Waals surface area contributed by atoms with Crippen LogP contribution in [-0.4, -0.2) is 345 Å². The lowest BCUT2D eigenvalue weighted by atomic mass is 10.1. The quantitative estimate of drug-likeness (QED) is 0.0159. The highest BCUT2D eigenvalue weighted by Gasteiger charge is 2.58. The molecule has 68 heteroatoms. The largest absolute Gasteiger partial charge is 0.387 e. The lowest BCUT2D eigenvalue weighted by Crippen LogP contribution is -2.42. The molecule has 8 aromatic rings. The predicted octanol–water partition coefficient (Wildman–Crippen LogP) is -1.07. The highest BCUT2D eigenvalue weighted by molar-refractivity contribution is 8.08. The Kier molecular flexibility index (Phi) is 38.6. The lowest BCUT2D eigenvalue weighted by molar-refractivity contribution is -0.0841. The van der Waals surface area contributed by atoms with Gasteiger partial charge < -0.3 is 161 Å². The van der Waals surface area contributed by atoms with E-state index in [0.29, 0.717) is 23.1 Å². The Hall–Kier alpha value is -6.61. The number of fused-ring (bicyclic) bond motifs is 2. The predicted molar refractivity (Wildman–Crippen MR) is 518 cm³/mol. The zero-order valence-electron chi connectivity index (χ0n) is 78.6. The molecule has 6 aliphatic rings. The third-order valence-corrected chi connectivity index (χ3v) is 31.3. The zero-order chi connectivity index (χ0) is 104. The summed E-state index contributed by atoms with van der Waals surface area (Å²) >= 11 is 29.0. The molecule has 10 unspecified atom stereocenters. The van der Waals surface area contributed by atoms with E-state index >= 15 is 0 Å². The second-order valence-electron chi connectivity index (χ2n) is 33.1. The summed E-state index contributed by atoms with van der Waals surface area (Å²) in [5.41, 5.74) is 27.7. The fraction of sp³-hybridized carbons (Fsp3) is 0.658. The summed E-state index contributed by atoms with van der Waals surface area (Å²) in [6.07, 6.45) is -23.4. The number of hydrogen-bond donors (Lipinski definition) is 12. The van der Waals surface area contributed by atoms with Crippen LogP contribution < -0.4 is 57.0 Å². The van der Waals surface area contributed by atoms with E-state index in [1.807, 2.05) is 6.92 Å². The van der Waals surface area contributed by atoms with E-state index in [1.54, 1.807) is 11.5 Å². The van der Waals surface area contributed by atoms with E-state index in [1.165, 1.54) is 105 Å². The minimum absolute atomic E-state index is 0.0163. The molecular weight excluding hydrogens is 2110 g/mol. The SMILES string of the molecule is CC[C@H]1O[C@@H](n2cnc3c(N)ncnc32)C[C@H]1OP(O)(=S)OC[C@H]1O[C@@H](n2cnc3c(N)ncnc32)C(OCCOC)[C@H]1OP(O)(=S)OC[C@H]1O[C@@H](n2cc(C)c(=O)[nH]c2=O)C(OCCOC)[C@H]1OP(O)(=S)OC[C@H]1O[C@@H](n2cc(C)c(N)nc2=O)C(OCCOC)[C@H]1OP(O)(=S)OC[C@H]1O[C@@H](n2cc(C)c(N)nc2=O)C(OCCOC)[C@H]1OP(O)(=S)OC[C@H]1O[C@@H](n2cc(C)c(N)nc2=O)C(OCCOC)[C@H]1O. The molecule has 8 aromatic heterocycles. The molecule has 0 spiro atoms. The maximum atomic E-state index is 14.2. The maximum Gasteiger partial charge on any atom is 0.351 e. The van der Waals surface area contributed by atoms with E-state index in [4.69, 9.17) is 209 Å². The first kappa shape index (κ1) is 113. The second-order valence-corrected chi connectivity index (χ2v) is 47.1. The number of nitrogen functional groups attached to an aromatic ring is 5. The van der Waals surface area contributed by atoms with Gasteiger partial charge in [-0.25, -0.2) is 49.1 Å². The fourth-order valence-corrected chi connectivity index (χ4v) is 23.6. The van der Waals surface area contributed by atoms with Crippen LogP contribution >= 0.6 is 33.6 Å². The first-order valence-electron chi connectivity index (χ1n) is 44.2. The Bertz CT molecular complexity index is 6370. The number of anilines is 5. The van der Waals surface area contributed by atoms with E-state index in [0.717, 1.165) is 24.5 Å². The van der Waals surface area contributed by atoms with Gasteiger partial charge >= 0.3 is 56.4 Å². The van der Waals surface area contributed by atoms with E-state index in [-0.39, 0.29) is 129 Å². The lowest BCUT2D eigenvalue weighted by Gasteiger charge is -2.31. The van der Waals surface area contributed by atoms with Crippen LogP contribution in [-0.2, 0) is 180 Å². The topological polar surface area (TPSA) is 738 Å². The number of rotatable bonds is 52. The summed E-state index contributed by atoms with van der Waals surface area (Å²) < 4.78 is 167. The van der Waals surface area contributed by atoms with Crippen LogP contribution in [0.15, 0.2) is 74.1 Å². The van der Waals surface area contributed by atoms with Crippen molar-refractivity contribution in [3.63, 3.8) is 0 Å². The standard InChI is InChI=1S/C76H112N21O37P5S5/c1-11-40-41(22-47(124-40)96-34-86-48-63(80)82-32-84-65(48)96)130-135(104,140)120-28-46-54(59(118-21-16-113-10)72(129-46)97-35-87-49-64(81)83-33-85-66(49)97)134-139(108,144)123-31-45-53(58(117-20-15-112-9)71(128-45)95-26-39(5)67(99)91-76(95)103)133-138(107,143)122-30-44-52(57(116-19-14-111-8)70(127-44)94-25-38(4)62(79)90-75(94)102)132-137(106,142)121-29-43-51(56(115-18-13-110-7)69(126-43)93-24-37(3)61(78)89-74(93)101)131-136(105,141)119-27-42-50(98)55(114-17-12-109-6)68(125-42)92-23-36(2)60(77)88-73(92)100/h23-26,32-35,40-47,50-59,68-72,98H,11-22,27-31H2,1-10H3,(H,104,140)(H,105,141)(H,106,142)(H,107,143)(H,108,144)(H2,77,88,100)(H2,78,89,101)(H2,79,90,102)(H2,80,82,84)(H2,81,83,85)(H,91,99,103)/t40-,41-,42-,43-,44-,45-,46-,47-,50+,51+,52+,53+,54+,55?,56?,57?,58?,59?,68-,69-,70-,71-,72-,135?,136?,137?,138?,139?/m1/s1. The van der Waals surface area contributed by atoms with Gasteiger partial charge in [-0.1, -0.05) is 6.92 Å². The van der Waals surface area contributed by atoms with Gasteiger partial charge in [0.1, 0.15) is 139 Å². The Labute approximate surface area is 843 Å². The maximum absolute atomic E-state index is 14.2. The number of aromatic nitrogens is 16. The molecule has 0 aromatic carbocycles. The summed E-state index contributed by atoms with van der Waals surface area (Å²) in [5, 5.41) is 11.8. The van der Waals surface area contributed by atoms with Crippen molar-refractivity contribution in [3.05, 3.63) is 125 Å². The highest BCUT2D eigenvalue weighted by Crippen LogP contribution is 2.58. The summed E-state index contributed by atoms with van der Waals surface area (Å²) in [7, 11) is 6.89. The molecule has 28 atom stereocenters. The van der Waals surface area contributed by atoms with Crippen molar-refractivity contribution >= 4 is 144 Å². The van der Waals surface area contributed by atoms with Gasteiger partial charge in [-0.15, -0.1) is 0 Å². The van der Waals surface area contributed by atoms with Gasteiger partial charge in [-0.05, 0) is 93.2 Å². The molecule has 14 heterocycles. The van der Waals surface area contributed by atoms with Gasteiger partial charge in [0.25, 0.3) is 5.56 Å². The molecule has 144 heavy (non-hydrogen) atoms. The summed E-state index contributed by atoms with van der Waals surface area (Å²) in [5.74, 6) is -0.298. The minimum atomic E-state index is -5.06. The van der Waals surface area contributed by atoms with Crippen molar-refractivity contribution in [2.24, 2.45) is 0 Å². The molecule has 0 amide bonds. The highest BCUT2D eigenvalue weighted by atomic mass is 32.5. The van der Waals surface area contributed by atoms with Gasteiger partial charge in [0.2, 0.25) is 0 Å². The number of hydrogen-bond acceptors (Lipinski definition) is 51. The molecule has 0 saturated carbocycles. The van der Waals surface area contributed by atoms with Crippen molar-refractivity contribution in [3.8, 4) is 0 Å². The van der Waals surface area contributed by atoms with Crippen LogP contribution in [0.1, 0.15) is 79.4 Å². The van der Waals surface area contributed by atoms with Crippen molar-refractivity contribution < 1.29 is 151 Å². The van der Waals surface area contributed by atoms with Gasteiger partial charge in [0.15, 0.2) is 54.1 Å². The molecule has 6 saturated heterocycles. The molecule has 17 N–H and O–H groups in total. The number of aryl methyl sites for hydroxylation is 4. The van der Waals surface area contributed by atoms with Gasteiger partial charge in [0, 0.05) is 89.0 Å². The smallest absolute Gasteiger partial charge is 0.351 e. The van der Waals surface area contributed by atoms with Crippen LogP contribution in [0, 0.1) is 27.7 Å². The van der Waals surface area contributed by atoms with Crippen LogP contribution in [0.3, 0.4) is 0 Å². The minimum Gasteiger partial charge on any atom is -0.387 e. The zero-order valence-corrected chi connectivity index (χ0v) is 87.2. The van der Waals surface area contributed by atoms with Crippen LogP contribution in [0.5, 0.6) is 0 Å². The average Bonchev–Trinajstić information content (AvgIpc) is 1.61. The van der Waals surface area contributed by atoms with Gasteiger partial charge in [0.05, 0.1) is 124 Å². The van der Waals surface area contributed by atoms with E-state index in [2.05, 4.69) is 49.8 Å². The second kappa shape index (κ2) is 49.2. The number of methoxy groups -OCH3 is 5. The summed E-state index contributed by atoms with van der Waals surface area (Å²) in [4.78, 5) is 171. The molecule has 58 nitrogen and oxygen atoms in total. The fourth-order valence-electron chi connectivity index (χ4n) is 16.4. The van der Waals surface area contributed by atoms with Crippen molar-refractivity contribution in [2.45, 2.75) is 189 Å². The molecule has 798 valence electrons. The van der Waals surface area contributed by atoms with Crippen molar-refractivity contribution in [1.82, 2.24) is 77.2 Å². The normalized spacial score (nSPS) is 29.3. The Morgan fingerprint density at radius 2 is 0.681 bits per heavy atom. The number of ether oxygens (including phenoxy) is 16. The first-order valence-corrected chi connectivity index (χ1v) is 57.1. The molecular formula is C76H112N21O37P5S5. The Morgan fingerprint density at radius 1 is 0.375 bits per heavy atom. The molecule has 14 rings (SSSR count). The van der Waals surface area contributed by atoms with Crippen LogP contribution in [0.4, 0.5) is 29.1 Å². The van der Waals surface area contributed by atoms with E-state index < -0.39 is 236 Å². The number of imidazole rings is 2. The van der Waals surface area contributed by atoms with E-state index in [9.17, 15) is 53.5 Å². The monoisotopic (exact) mass is 2230 g/mol. The van der Waals surface area contributed by atoms with Crippen molar-refractivity contribution in [2.75, 3.05) is 163 Å². The number of nitrogens with zero attached hydrogens (tertiary/aromatic N) is 15. The third kappa shape index (κ3) is 26.9. The number of nitrogens with two attached hydrogens (primary N) is 5. The summed E-state index contributed by atoms with van der Waals surface area (Å²) in [6.45, 7) is -22.2. The van der Waals surface area contributed by atoms with Gasteiger partial charge in [-0.3, -0.25) is 55.3 Å². The number of aromatic amines is 1. The molecule has 0 bridgehead atoms. The average molecular weight is 2230 g/mol. The van der Waals surface area contributed by atoms with Gasteiger partial charge in [-0.2, -0.15) is 15.0 Å². The molecule has 0 radical (unpaired) electrons. The number of H-pyrrole nitrogens is 1. The Morgan fingerprint density at radius 3 is 1.04 bits per heavy atom. The molecule has 6 aliphatic heterocycles. The van der Waals surface area contributed by atoms with Crippen LogP contribution in [0.25, 0.3) is 22.3 Å². The number of aliphatic hydroxyl groups excluding tert-OH is 1. The van der Waals surface area contributed by atoms with Crippen molar-refractivity contribution in [1.29, 1.82) is 0 Å². The number of nitrogens with one attached hydrogen (secondary N) is 1. The summed E-state index contributed by atoms with van der Waals surface area (Å²) in [6, 6.07) is 0. The number of aliphatic hydroxyl groups is 1. The molecule has 0 aliphatic carbocycles. The van der Waals surface area contributed by atoms with Crippen LogP contribution in [0.2, 0.25) is 0 Å². The Balaban J connectivity index is 0.751. The third-order valence-electron chi connectivity index (χ3n) is 23.4. The molecule has 6 fully saturated rings.